The maximum atomic E-state index is 12.6. The summed E-state index contributed by atoms with van der Waals surface area (Å²) in [7, 11) is 0. The van der Waals surface area contributed by atoms with Crippen LogP contribution >= 0.6 is 22.9 Å². The number of amides is 1. The van der Waals surface area contributed by atoms with Gasteiger partial charge in [0.15, 0.2) is 0 Å². The second-order valence-corrected chi connectivity index (χ2v) is 9.14. The lowest BCUT2D eigenvalue weighted by atomic mass is 10.1. The Hall–Kier alpha value is -3.52. The van der Waals surface area contributed by atoms with E-state index in [1.165, 1.54) is 17.5 Å². The third-order valence-corrected chi connectivity index (χ3v) is 6.61. The molecular formula is C23H19ClN6O3S. The van der Waals surface area contributed by atoms with E-state index in [9.17, 15) is 4.79 Å². The molecule has 0 radical (unpaired) electrons. The number of carbonyl (C=O) groups excluding carboxylic acids is 1. The monoisotopic (exact) mass is 494 g/mol. The number of rotatable bonds is 6. The zero-order chi connectivity index (χ0) is 23.7. The van der Waals surface area contributed by atoms with Gasteiger partial charge in [0.1, 0.15) is 4.88 Å². The quantitative estimate of drug-likeness (QED) is 0.293. The van der Waals surface area contributed by atoms with Crippen LogP contribution in [0.15, 0.2) is 30.5 Å². The predicted octanol–water partition coefficient (Wildman–Crippen LogP) is 4.66. The van der Waals surface area contributed by atoms with Crippen molar-refractivity contribution in [1.82, 2.24) is 20.3 Å². The first-order valence-corrected chi connectivity index (χ1v) is 11.8. The van der Waals surface area contributed by atoms with Crippen molar-refractivity contribution in [3.63, 3.8) is 0 Å². The molecule has 0 aliphatic carbocycles. The summed E-state index contributed by atoms with van der Waals surface area (Å²) < 4.78 is 12.4. The number of hydrogen-bond donors (Lipinski definition) is 2. The first kappa shape index (κ1) is 22.3. The summed E-state index contributed by atoms with van der Waals surface area (Å²) in [4.78, 5) is 26.1. The van der Waals surface area contributed by atoms with Gasteiger partial charge in [-0.15, -0.1) is 11.3 Å². The van der Waals surface area contributed by atoms with Crippen molar-refractivity contribution in [2.24, 2.45) is 0 Å². The molecule has 4 aromatic rings. The SMILES string of the molecule is C[C@H]1CNc2c(sc3ccc4nc(Oc5nc(Cl)ncc5COCCC#N)ccc4c23)C(=O)N1. The summed E-state index contributed by atoms with van der Waals surface area (Å²) in [5, 5.41) is 17.0. The van der Waals surface area contributed by atoms with Gasteiger partial charge in [-0.05, 0) is 36.7 Å². The fraction of sp³-hybridized carbons (Fsp3) is 0.261. The van der Waals surface area contributed by atoms with Crippen LogP contribution in [-0.2, 0) is 11.3 Å². The number of fused-ring (bicyclic) bond motifs is 5. The summed E-state index contributed by atoms with van der Waals surface area (Å²) >= 11 is 7.43. The van der Waals surface area contributed by atoms with Gasteiger partial charge in [-0.25, -0.2) is 9.97 Å². The van der Waals surface area contributed by atoms with Crippen molar-refractivity contribution < 1.29 is 14.3 Å². The standard InChI is InChI=1S/C23H19ClN6O3S/c1-12-9-26-19-18-14-3-6-17(29-15(14)4-5-16(18)34-20(19)21(31)28-12)33-22-13(10-27-23(24)30-22)11-32-8-2-7-25/h3-6,10,12,26H,2,8-9,11H2,1H3,(H,28,31)/t12-/m0/s1. The average Bonchev–Trinajstić information content (AvgIpc) is 3.14. The van der Waals surface area contributed by atoms with Gasteiger partial charge in [-0.1, -0.05) is 0 Å². The second kappa shape index (κ2) is 9.38. The summed E-state index contributed by atoms with van der Waals surface area (Å²) in [6, 6.07) is 9.60. The van der Waals surface area contributed by atoms with Gasteiger partial charge in [0.05, 0.1) is 42.5 Å². The fourth-order valence-corrected chi connectivity index (χ4v) is 4.94. The number of thiophene rings is 1. The molecule has 1 amide bonds. The molecule has 0 bridgehead atoms. The number of nitriles is 1. The van der Waals surface area contributed by atoms with Crippen LogP contribution in [0.1, 0.15) is 28.6 Å². The third-order valence-electron chi connectivity index (χ3n) is 5.28. The Bertz CT molecular complexity index is 1450. The van der Waals surface area contributed by atoms with E-state index in [0.29, 0.717) is 29.5 Å². The van der Waals surface area contributed by atoms with Crippen molar-refractivity contribution in [3.8, 4) is 17.8 Å². The number of halogens is 1. The average molecular weight is 495 g/mol. The van der Waals surface area contributed by atoms with Gasteiger partial charge in [0.2, 0.25) is 17.0 Å². The van der Waals surface area contributed by atoms with E-state index in [0.717, 1.165) is 26.7 Å². The number of nitrogens with zero attached hydrogens (tertiary/aromatic N) is 4. The first-order valence-electron chi connectivity index (χ1n) is 10.6. The molecule has 1 aliphatic heterocycles. The summed E-state index contributed by atoms with van der Waals surface area (Å²) in [6.07, 6.45) is 1.81. The number of pyridine rings is 1. The maximum Gasteiger partial charge on any atom is 0.263 e. The van der Waals surface area contributed by atoms with Crippen LogP contribution < -0.4 is 15.4 Å². The van der Waals surface area contributed by atoms with Crippen LogP contribution in [0.5, 0.6) is 11.8 Å². The number of carbonyl (C=O) groups is 1. The molecule has 11 heteroatoms. The zero-order valence-electron chi connectivity index (χ0n) is 18.1. The molecule has 0 fully saturated rings. The molecule has 172 valence electrons. The Morgan fingerprint density at radius 1 is 1.29 bits per heavy atom. The Labute approximate surface area is 203 Å². The molecule has 4 heterocycles. The van der Waals surface area contributed by atoms with Crippen molar-refractivity contribution in [2.75, 3.05) is 18.5 Å². The predicted molar refractivity (Wildman–Crippen MR) is 130 cm³/mol. The Kier molecular flexibility index (Phi) is 6.15. The van der Waals surface area contributed by atoms with Crippen molar-refractivity contribution in [3.05, 3.63) is 46.2 Å². The number of aromatic nitrogens is 3. The molecule has 34 heavy (non-hydrogen) atoms. The molecule has 1 atom stereocenters. The van der Waals surface area contributed by atoms with E-state index in [4.69, 9.17) is 26.3 Å². The molecule has 0 saturated carbocycles. The van der Waals surface area contributed by atoms with Crippen molar-refractivity contribution >= 4 is 55.5 Å². The first-order chi connectivity index (χ1) is 16.5. The van der Waals surface area contributed by atoms with Crippen molar-refractivity contribution in [2.45, 2.75) is 26.0 Å². The van der Waals surface area contributed by atoms with E-state index in [2.05, 4.69) is 25.6 Å². The van der Waals surface area contributed by atoms with Gasteiger partial charge in [0.25, 0.3) is 5.91 Å². The highest BCUT2D eigenvalue weighted by Gasteiger charge is 2.25. The maximum absolute atomic E-state index is 12.6. The van der Waals surface area contributed by atoms with E-state index >= 15 is 0 Å². The van der Waals surface area contributed by atoms with E-state index in [1.54, 1.807) is 6.07 Å². The summed E-state index contributed by atoms with van der Waals surface area (Å²) in [5.74, 6) is 0.502. The molecule has 0 saturated heterocycles. The number of ether oxygens (including phenoxy) is 2. The minimum atomic E-state index is -0.0695. The molecule has 0 unspecified atom stereocenters. The topological polar surface area (TPSA) is 122 Å². The van der Waals surface area contributed by atoms with Crippen LogP contribution in [0, 0.1) is 11.3 Å². The van der Waals surface area contributed by atoms with Crippen LogP contribution in [0.2, 0.25) is 5.28 Å². The van der Waals surface area contributed by atoms with E-state index in [-0.39, 0.29) is 36.1 Å². The highest BCUT2D eigenvalue weighted by Crippen LogP contribution is 2.41. The Balaban J connectivity index is 1.49. The molecule has 3 aromatic heterocycles. The minimum Gasteiger partial charge on any atom is -0.420 e. The highest BCUT2D eigenvalue weighted by atomic mass is 35.5. The van der Waals surface area contributed by atoms with Crippen LogP contribution in [-0.4, -0.2) is 40.1 Å². The smallest absolute Gasteiger partial charge is 0.263 e. The number of benzene rings is 1. The second-order valence-electron chi connectivity index (χ2n) is 7.75. The van der Waals surface area contributed by atoms with Gasteiger partial charge in [0, 0.05) is 40.3 Å². The lowest BCUT2D eigenvalue weighted by Gasteiger charge is -2.11. The van der Waals surface area contributed by atoms with Crippen LogP contribution in [0.3, 0.4) is 0 Å². The van der Waals surface area contributed by atoms with Gasteiger partial charge >= 0.3 is 0 Å². The molecule has 2 N–H and O–H groups in total. The molecule has 1 aromatic carbocycles. The lowest BCUT2D eigenvalue weighted by Crippen LogP contribution is -2.34. The summed E-state index contributed by atoms with van der Waals surface area (Å²) in [6.45, 7) is 3.08. The number of anilines is 1. The summed E-state index contributed by atoms with van der Waals surface area (Å²) in [5.41, 5.74) is 2.14. The molecule has 5 rings (SSSR count). The van der Waals surface area contributed by atoms with Crippen LogP contribution in [0.25, 0.3) is 21.0 Å². The van der Waals surface area contributed by atoms with Gasteiger partial charge < -0.3 is 20.1 Å². The van der Waals surface area contributed by atoms with Crippen LogP contribution in [0.4, 0.5) is 5.69 Å². The van der Waals surface area contributed by atoms with Gasteiger partial charge in [-0.3, -0.25) is 4.79 Å². The number of nitrogens with one attached hydrogen (secondary N) is 2. The Morgan fingerprint density at radius 2 is 2.18 bits per heavy atom. The van der Waals surface area contributed by atoms with Crippen molar-refractivity contribution in [1.29, 1.82) is 5.26 Å². The fourth-order valence-electron chi connectivity index (χ4n) is 3.72. The van der Waals surface area contributed by atoms with E-state index in [1.807, 2.05) is 31.2 Å². The largest absolute Gasteiger partial charge is 0.420 e. The Morgan fingerprint density at radius 3 is 3.03 bits per heavy atom. The van der Waals surface area contributed by atoms with E-state index < -0.39 is 0 Å². The lowest BCUT2D eigenvalue weighted by molar-refractivity contribution is 0.0949. The molecule has 0 spiro atoms. The molecular weight excluding hydrogens is 476 g/mol. The molecule has 9 nitrogen and oxygen atoms in total. The molecule has 1 aliphatic rings. The normalized spacial score (nSPS) is 15.3. The highest BCUT2D eigenvalue weighted by molar-refractivity contribution is 7.21. The number of hydrogen-bond acceptors (Lipinski definition) is 9. The zero-order valence-corrected chi connectivity index (χ0v) is 19.7. The van der Waals surface area contributed by atoms with Gasteiger partial charge in [-0.2, -0.15) is 10.2 Å². The third kappa shape index (κ3) is 4.33. The minimum absolute atomic E-state index is 0.0352.